The van der Waals surface area contributed by atoms with E-state index in [2.05, 4.69) is 12.2 Å². The summed E-state index contributed by atoms with van der Waals surface area (Å²) in [5, 5.41) is 12.8. The van der Waals surface area contributed by atoms with Crippen molar-refractivity contribution in [3.05, 3.63) is 0 Å². The first kappa shape index (κ1) is 26.7. The zero-order valence-corrected chi connectivity index (χ0v) is 18.4. The lowest BCUT2D eigenvalue weighted by atomic mass is 10.0. The zero-order chi connectivity index (χ0) is 20.0. The van der Waals surface area contributed by atoms with Crippen molar-refractivity contribution >= 4 is 17.6 Å². The number of hydrogen-bond acceptors (Lipinski definition) is 4. The Morgan fingerprint density at radius 3 is 1.81 bits per heavy atom. The molecule has 0 aliphatic heterocycles. The van der Waals surface area contributed by atoms with E-state index >= 15 is 0 Å². The second-order valence-electron chi connectivity index (χ2n) is 7.51. The minimum atomic E-state index is -0.977. The summed E-state index contributed by atoms with van der Waals surface area (Å²) < 4.78 is 5.03. The molecule has 0 radical (unpaired) electrons. The van der Waals surface area contributed by atoms with Crippen molar-refractivity contribution in [3.63, 3.8) is 0 Å². The highest BCUT2D eigenvalue weighted by atomic mass is 35.5. The molecule has 0 saturated heterocycles. The van der Waals surface area contributed by atoms with Crippen molar-refractivity contribution in [2.75, 3.05) is 25.6 Å². The lowest BCUT2D eigenvalue weighted by Gasteiger charge is -2.11. The maximum atomic E-state index is 11.6. The number of unbranched alkanes of at least 4 members (excludes halogenated alkanes) is 13. The predicted molar refractivity (Wildman–Crippen MR) is 115 cm³/mol. The average Bonchev–Trinajstić information content (AvgIpc) is 2.67. The number of rotatable bonds is 21. The molecule has 0 saturated carbocycles. The van der Waals surface area contributed by atoms with Gasteiger partial charge in [-0.3, -0.25) is 0 Å². The number of halogens is 1. The molecule has 0 fully saturated rings. The van der Waals surface area contributed by atoms with Gasteiger partial charge in [-0.25, -0.2) is 4.79 Å². The van der Waals surface area contributed by atoms with Crippen molar-refractivity contribution in [3.8, 4) is 0 Å². The van der Waals surface area contributed by atoms with Crippen molar-refractivity contribution in [2.24, 2.45) is 0 Å². The summed E-state index contributed by atoms with van der Waals surface area (Å²) in [6, 6.07) is 0. The zero-order valence-electron chi connectivity index (χ0n) is 17.7. The number of carbonyl (C=O) groups excluding carboxylic acids is 1. The molecule has 0 heterocycles. The SMILES string of the molecule is CCCCCCCCCCCCCCCCC(O)C(=O)OCCNCCCl. The van der Waals surface area contributed by atoms with Crippen LogP contribution in [0.25, 0.3) is 0 Å². The number of hydrogen-bond donors (Lipinski definition) is 2. The van der Waals surface area contributed by atoms with Gasteiger partial charge in [0.15, 0.2) is 6.10 Å². The summed E-state index contributed by atoms with van der Waals surface area (Å²) in [6.45, 7) is 3.82. The molecular weight excluding hydrogens is 362 g/mol. The van der Waals surface area contributed by atoms with Gasteiger partial charge < -0.3 is 15.2 Å². The molecule has 0 aromatic carbocycles. The van der Waals surface area contributed by atoms with E-state index in [4.69, 9.17) is 16.3 Å². The largest absolute Gasteiger partial charge is 0.462 e. The maximum absolute atomic E-state index is 11.6. The van der Waals surface area contributed by atoms with E-state index in [1.807, 2.05) is 0 Å². The van der Waals surface area contributed by atoms with Gasteiger partial charge in [0.2, 0.25) is 0 Å². The van der Waals surface area contributed by atoms with Crippen molar-refractivity contribution in [1.82, 2.24) is 5.32 Å². The normalized spacial score (nSPS) is 12.3. The van der Waals surface area contributed by atoms with Gasteiger partial charge in [0, 0.05) is 19.0 Å². The standard InChI is InChI=1S/C22H44ClNO3/c1-2-3-4-5-6-7-8-9-10-11-12-13-14-15-16-21(25)22(26)27-20-19-24-18-17-23/h21,24-25H,2-20H2,1H3. The molecule has 1 atom stereocenters. The Morgan fingerprint density at radius 1 is 0.852 bits per heavy atom. The Balaban J connectivity index is 3.25. The molecule has 4 nitrogen and oxygen atoms in total. The van der Waals surface area contributed by atoms with E-state index in [1.165, 1.54) is 77.0 Å². The van der Waals surface area contributed by atoms with Crippen LogP contribution in [0.4, 0.5) is 0 Å². The van der Waals surface area contributed by atoms with Crippen molar-refractivity contribution < 1.29 is 14.6 Å². The molecule has 0 amide bonds. The fourth-order valence-electron chi connectivity index (χ4n) is 3.16. The second kappa shape index (κ2) is 22.0. The monoisotopic (exact) mass is 405 g/mol. The van der Waals surface area contributed by atoms with Crippen LogP contribution in [0.5, 0.6) is 0 Å². The lowest BCUT2D eigenvalue weighted by molar-refractivity contribution is -0.153. The third-order valence-electron chi connectivity index (χ3n) is 4.90. The maximum Gasteiger partial charge on any atom is 0.334 e. The van der Waals surface area contributed by atoms with Gasteiger partial charge in [0.1, 0.15) is 6.61 Å². The molecule has 27 heavy (non-hydrogen) atoms. The Kier molecular flexibility index (Phi) is 21.7. The highest BCUT2D eigenvalue weighted by molar-refractivity contribution is 6.18. The van der Waals surface area contributed by atoms with Crippen LogP contribution in [-0.4, -0.2) is 42.8 Å². The molecule has 5 heteroatoms. The first-order valence-corrected chi connectivity index (χ1v) is 11.9. The second-order valence-corrected chi connectivity index (χ2v) is 7.89. The van der Waals surface area contributed by atoms with E-state index in [1.54, 1.807) is 0 Å². The van der Waals surface area contributed by atoms with E-state index in [0.29, 0.717) is 25.4 Å². The highest BCUT2D eigenvalue weighted by Gasteiger charge is 2.15. The van der Waals surface area contributed by atoms with Crippen molar-refractivity contribution in [2.45, 2.75) is 109 Å². The van der Waals surface area contributed by atoms with E-state index in [-0.39, 0.29) is 6.61 Å². The Bertz CT molecular complexity index is 316. The van der Waals surface area contributed by atoms with Crippen LogP contribution in [-0.2, 0) is 9.53 Å². The van der Waals surface area contributed by atoms with Gasteiger partial charge in [-0.1, -0.05) is 96.8 Å². The molecule has 0 aliphatic rings. The summed E-state index contributed by atoms with van der Waals surface area (Å²) in [4.78, 5) is 11.6. The van der Waals surface area contributed by atoms with Gasteiger partial charge in [-0.05, 0) is 6.42 Å². The van der Waals surface area contributed by atoms with Crippen LogP contribution >= 0.6 is 11.6 Å². The van der Waals surface area contributed by atoms with Crippen LogP contribution < -0.4 is 5.32 Å². The predicted octanol–water partition coefficient (Wildman–Crippen LogP) is 5.59. The number of nitrogens with one attached hydrogen (secondary N) is 1. The first-order valence-electron chi connectivity index (χ1n) is 11.3. The molecule has 0 aromatic heterocycles. The third-order valence-corrected chi connectivity index (χ3v) is 5.09. The molecule has 1 unspecified atom stereocenters. The summed E-state index contributed by atoms with van der Waals surface area (Å²) in [5.41, 5.74) is 0. The molecule has 0 bridgehead atoms. The number of carbonyl (C=O) groups is 1. The van der Waals surface area contributed by atoms with Crippen LogP contribution in [0.15, 0.2) is 0 Å². The van der Waals surface area contributed by atoms with Gasteiger partial charge in [-0.15, -0.1) is 11.6 Å². The lowest BCUT2D eigenvalue weighted by Crippen LogP contribution is -2.28. The molecule has 2 N–H and O–H groups in total. The minimum absolute atomic E-state index is 0.283. The van der Waals surface area contributed by atoms with Crippen LogP contribution in [0.1, 0.15) is 103 Å². The number of ether oxygens (including phenoxy) is 1. The van der Waals surface area contributed by atoms with Crippen molar-refractivity contribution in [1.29, 1.82) is 0 Å². The number of esters is 1. The summed E-state index contributed by atoms with van der Waals surface area (Å²) in [6.07, 6.45) is 17.8. The van der Waals surface area contributed by atoms with Gasteiger partial charge in [0.25, 0.3) is 0 Å². The van der Waals surface area contributed by atoms with Gasteiger partial charge >= 0.3 is 5.97 Å². The van der Waals surface area contributed by atoms with Gasteiger partial charge in [-0.2, -0.15) is 0 Å². The quantitative estimate of drug-likeness (QED) is 0.148. The molecule has 0 rings (SSSR count). The van der Waals surface area contributed by atoms with E-state index in [9.17, 15) is 9.90 Å². The number of alkyl halides is 1. The van der Waals surface area contributed by atoms with Gasteiger partial charge in [0.05, 0.1) is 0 Å². The summed E-state index contributed by atoms with van der Waals surface area (Å²) >= 11 is 5.53. The average molecular weight is 406 g/mol. The number of aliphatic hydroxyl groups excluding tert-OH is 1. The Labute approximate surface area is 172 Å². The molecular formula is C22H44ClNO3. The molecule has 0 aromatic rings. The third kappa shape index (κ3) is 20.2. The van der Waals surface area contributed by atoms with Crippen LogP contribution in [0, 0.1) is 0 Å². The molecule has 0 aliphatic carbocycles. The topological polar surface area (TPSA) is 58.6 Å². The number of aliphatic hydroxyl groups is 1. The summed E-state index contributed by atoms with van der Waals surface area (Å²) in [7, 11) is 0. The fraction of sp³-hybridized carbons (Fsp3) is 0.955. The Morgan fingerprint density at radius 2 is 1.33 bits per heavy atom. The molecule has 0 spiro atoms. The first-order chi connectivity index (χ1) is 13.2. The van der Waals surface area contributed by atoms with E-state index in [0.717, 1.165) is 12.8 Å². The fourth-order valence-corrected chi connectivity index (χ4v) is 3.30. The smallest absolute Gasteiger partial charge is 0.334 e. The van der Waals surface area contributed by atoms with Crippen LogP contribution in [0.3, 0.4) is 0 Å². The van der Waals surface area contributed by atoms with Crippen LogP contribution in [0.2, 0.25) is 0 Å². The summed E-state index contributed by atoms with van der Waals surface area (Å²) in [5.74, 6) is 0.0350. The highest BCUT2D eigenvalue weighted by Crippen LogP contribution is 2.13. The Hall–Kier alpha value is -0.320. The minimum Gasteiger partial charge on any atom is -0.462 e. The molecule has 162 valence electrons. The van der Waals surface area contributed by atoms with E-state index < -0.39 is 12.1 Å².